The Morgan fingerprint density at radius 2 is 2.24 bits per heavy atom. The summed E-state index contributed by atoms with van der Waals surface area (Å²) in [5, 5.41) is 1.32. The Kier molecular flexibility index (Phi) is 5.60. The van der Waals surface area contributed by atoms with E-state index in [1.54, 1.807) is 29.7 Å². The molecule has 0 saturated carbocycles. The van der Waals surface area contributed by atoms with Gasteiger partial charge in [-0.15, -0.1) is 11.3 Å². The van der Waals surface area contributed by atoms with Crippen molar-refractivity contribution in [2.45, 2.75) is 51.7 Å². The maximum absolute atomic E-state index is 13.1. The van der Waals surface area contributed by atoms with E-state index in [0.29, 0.717) is 27.4 Å². The van der Waals surface area contributed by atoms with Crippen molar-refractivity contribution in [1.29, 1.82) is 0 Å². The summed E-state index contributed by atoms with van der Waals surface area (Å²) >= 11 is 7.79. The van der Waals surface area contributed by atoms with Gasteiger partial charge in [0, 0.05) is 34.3 Å². The number of aromatic nitrogens is 2. The molecule has 0 aliphatic carbocycles. The number of pyridine rings is 1. The quantitative estimate of drug-likeness (QED) is 0.590. The molecule has 5 nitrogen and oxygen atoms in total. The largest absolute Gasteiger partial charge is 0.376 e. The highest BCUT2D eigenvalue weighted by atomic mass is 35.5. The van der Waals surface area contributed by atoms with E-state index in [0.717, 1.165) is 24.8 Å². The summed E-state index contributed by atoms with van der Waals surface area (Å²) in [7, 11) is 0. The molecule has 3 aromatic rings. The van der Waals surface area contributed by atoms with Gasteiger partial charge in [-0.2, -0.15) is 4.99 Å². The predicted octanol–water partition coefficient (Wildman–Crippen LogP) is 4.97. The molecule has 2 aromatic heterocycles. The number of rotatable bonds is 3. The van der Waals surface area contributed by atoms with Crippen LogP contribution in [0.1, 0.15) is 48.8 Å². The van der Waals surface area contributed by atoms with Crippen LogP contribution in [0, 0.1) is 0 Å². The van der Waals surface area contributed by atoms with Gasteiger partial charge in [0.2, 0.25) is 0 Å². The second-order valence-electron chi connectivity index (χ2n) is 8.36. The lowest BCUT2D eigenvalue weighted by Crippen LogP contribution is -2.23. The number of carbonyl (C=O) groups is 1. The molecule has 1 aromatic carbocycles. The van der Waals surface area contributed by atoms with Crippen molar-refractivity contribution in [3.8, 4) is 0 Å². The van der Waals surface area contributed by atoms with Crippen LogP contribution in [-0.4, -0.2) is 28.2 Å². The van der Waals surface area contributed by atoms with Crippen molar-refractivity contribution in [3.05, 3.63) is 56.9 Å². The number of hydrogen-bond donors (Lipinski definition) is 0. The molecule has 3 heterocycles. The summed E-state index contributed by atoms with van der Waals surface area (Å²) in [5.74, 6) is -0.334. The highest BCUT2D eigenvalue weighted by Crippen LogP contribution is 2.26. The number of carbonyl (C=O) groups excluding carboxylic acids is 1. The van der Waals surface area contributed by atoms with Gasteiger partial charge in [-0.1, -0.05) is 38.4 Å². The van der Waals surface area contributed by atoms with Gasteiger partial charge < -0.3 is 9.30 Å². The number of hydrogen-bond acceptors (Lipinski definition) is 4. The number of nitrogens with zero attached hydrogens (tertiary/aromatic N) is 3. The van der Waals surface area contributed by atoms with E-state index in [1.165, 1.54) is 4.88 Å². The predicted molar refractivity (Wildman–Crippen MR) is 117 cm³/mol. The lowest BCUT2D eigenvalue weighted by atomic mass is 9.95. The first-order valence-corrected chi connectivity index (χ1v) is 11.0. The molecule has 1 aliphatic rings. The molecule has 1 amide bonds. The van der Waals surface area contributed by atoms with Gasteiger partial charge >= 0.3 is 0 Å². The third-order valence-electron chi connectivity index (χ3n) is 4.98. The third kappa shape index (κ3) is 4.44. The molecule has 0 spiro atoms. The van der Waals surface area contributed by atoms with Crippen LogP contribution in [0.2, 0.25) is 5.02 Å². The zero-order valence-electron chi connectivity index (χ0n) is 16.8. The zero-order chi connectivity index (χ0) is 20.6. The summed E-state index contributed by atoms with van der Waals surface area (Å²) in [6.07, 6.45) is 6.05. The number of ether oxygens (including phenoxy) is 1. The monoisotopic (exact) mass is 429 g/mol. The van der Waals surface area contributed by atoms with Crippen LogP contribution in [0.5, 0.6) is 0 Å². The van der Waals surface area contributed by atoms with E-state index in [9.17, 15) is 4.79 Å². The van der Waals surface area contributed by atoms with Crippen LogP contribution in [0.25, 0.3) is 10.9 Å². The van der Waals surface area contributed by atoms with Gasteiger partial charge in [0.25, 0.3) is 5.91 Å². The fourth-order valence-corrected chi connectivity index (χ4v) is 4.70. The van der Waals surface area contributed by atoms with Gasteiger partial charge in [-0.05, 0) is 36.5 Å². The SMILES string of the molecule is CC(C)(C)c1cn(C[C@H]2CCCO2)c(=NC(=O)c2cc(Cl)cc3cccnc23)s1. The van der Waals surface area contributed by atoms with Crippen molar-refractivity contribution in [2.24, 2.45) is 4.99 Å². The van der Waals surface area contributed by atoms with E-state index in [4.69, 9.17) is 16.3 Å². The highest BCUT2D eigenvalue weighted by Gasteiger charge is 2.22. The Hall–Kier alpha value is -2.02. The first-order chi connectivity index (χ1) is 13.8. The summed E-state index contributed by atoms with van der Waals surface area (Å²) in [6.45, 7) is 7.99. The minimum Gasteiger partial charge on any atom is -0.376 e. The van der Waals surface area contributed by atoms with E-state index >= 15 is 0 Å². The number of amides is 1. The molecular weight excluding hydrogens is 406 g/mol. The zero-order valence-corrected chi connectivity index (χ0v) is 18.4. The van der Waals surface area contributed by atoms with Gasteiger partial charge in [-0.3, -0.25) is 9.78 Å². The Morgan fingerprint density at radius 1 is 1.41 bits per heavy atom. The second kappa shape index (κ2) is 8.01. The van der Waals surface area contributed by atoms with Crippen molar-refractivity contribution < 1.29 is 9.53 Å². The standard InChI is InChI=1S/C22H24ClN3O2S/c1-22(2,3)18-13-26(12-16-7-5-9-28-16)21(29-18)25-20(27)17-11-15(23)10-14-6-4-8-24-19(14)17/h4,6,8,10-11,13,16H,5,7,9,12H2,1-3H3/t16-/m1/s1. The normalized spacial score (nSPS) is 17.9. The van der Waals surface area contributed by atoms with E-state index < -0.39 is 0 Å². The summed E-state index contributed by atoms with van der Waals surface area (Å²) < 4.78 is 7.85. The maximum Gasteiger partial charge on any atom is 0.281 e. The average Bonchev–Trinajstić information content (AvgIpc) is 3.31. The Balaban J connectivity index is 1.79. The van der Waals surface area contributed by atoms with Crippen LogP contribution in [0.15, 0.2) is 41.7 Å². The maximum atomic E-state index is 13.1. The van der Waals surface area contributed by atoms with Crippen molar-refractivity contribution in [2.75, 3.05) is 6.61 Å². The third-order valence-corrected chi connectivity index (χ3v) is 6.65. The van der Waals surface area contributed by atoms with E-state index in [2.05, 4.69) is 41.5 Å². The molecule has 7 heteroatoms. The highest BCUT2D eigenvalue weighted by molar-refractivity contribution is 7.09. The van der Waals surface area contributed by atoms with E-state index in [-0.39, 0.29) is 17.4 Å². The fraction of sp³-hybridized carbons (Fsp3) is 0.409. The topological polar surface area (TPSA) is 56.5 Å². The summed E-state index contributed by atoms with van der Waals surface area (Å²) in [6, 6.07) is 7.17. The molecule has 29 heavy (non-hydrogen) atoms. The lowest BCUT2D eigenvalue weighted by Gasteiger charge is -2.15. The number of halogens is 1. The number of thiazole rings is 1. The van der Waals surface area contributed by atoms with Crippen LogP contribution in [0.3, 0.4) is 0 Å². The number of fused-ring (bicyclic) bond motifs is 1. The molecule has 4 rings (SSSR count). The average molecular weight is 430 g/mol. The minimum absolute atomic E-state index is 0.0237. The molecule has 0 unspecified atom stereocenters. The van der Waals surface area contributed by atoms with Crippen molar-refractivity contribution >= 4 is 39.7 Å². The molecule has 0 radical (unpaired) electrons. The van der Waals surface area contributed by atoms with Crippen molar-refractivity contribution in [1.82, 2.24) is 9.55 Å². The van der Waals surface area contributed by atoms with Gasteiger partial charge in [0.05, 0.1) is 23.7 Å². The van der Waals surface area contributed by atoms with Gasteiger partial charge in [-0.25, -0.2) is 0 Å². The molecule has 1 atom stereocenters. The molecule has 1 fully saturated rings. The van der Waals surface area contributed by atoms with Gasteiger partial charge in [0.1, 0.15) is 0 Å². The van der Waals surface area contributed by atoms with E-state index in [1.807, 2.05) is 12.1 Å². The lowest BCUT2D eigenvalue weighted by molar-refractivity contribution is 0.0949. The molecular formula is C22H24ClN3O2S. The van der Waals surface area contributed by atoms with Gasteiger partial charge in [0.15, 0.2) is 4.80 Å². The first kappa shape index (κ1) is 20.3. The first-order valence-electron chi connectivity index (χ1n) is 9.77. The molecule has 1 aliphatic heterocycles. The summed E-state index contributed by atoms with van der Waals surface area (Å²) in [5.41, 5.74) is 1.01. The van der Waals surface area contributed by atoms with Crippen molar-refractivity contribution in [3.63, 3.8) is 0 Å². The number of benzene rings is 1. The minimum atomic E-state index is -0.334. The Morgan fingerprint density at radius 3 is 2.97 bits per heavy atom. The van der Waals surface area contributed by atoms with Crippen LogP contribution in [0.4, 0.5) is 0 Å². The van der Waals surface area contributed by atoms with Crippen LogP contribution >= 0.6 is 22.9 Å². The molecule has 0 N–H and O–H groups in total. The second-order valence-corrected chi connectivity index (χ2v) is 9.81. The smallest absolute Gasteiger partial charge is 0.281 e. The fourth-order valence-electron chi connectivity index (χ4n) is 3.42. The van der Waals surface area contributed by atoms with Crippen LogP contribution in [-0.2, 0) is 16.7 Å². The molecule has 152 valence electrons. The summed E-state index contributed by atoms with van der Waals surface area (Å²) in [4.78, 5) is 23.8. The Labute approximate surface area is 179 Å². The molecule has 0 bridgehead atoms. The molecule has 1 saturated heterocycles. The Bertz CT molecular complexity index is 1120. The van der Waals surface area contributed by atoms with Crippen LogP contribution < -0.4 is 4.80 Å².